The molecule has 6 heteroatoms. The van der Waals surface area contributed by atoms with Gasteiger partial charge in [-0.3, -0.25) is 14.4 Å². The second kappa shape index (κ2) is 10.7. The van der Waals surface area contributed by atoms with Crippen LogP contribution < -0.4 is 10.2 Å². The maximum absolute atomic E-state index is 13.4. The first kappa shape index (κ1) is 24.5. The smallest absolute Gasteiger partial charge is 0.258 e. The summed E-state index contributed by atoms with van der Waals surface area (Å²) in [5.74, 6) is -0.229. The lowest BCUT2D eigenvalue weighted by Crippen LogP contribution is -2.49. The fourth-order valence-corrected chi connectivity index (χ4v) is 4.83. The van der Waals surface area contributed by atoms with Gasteiger partial charge in [0.2, 0.25) is 11.8 Å². The SMILES string of the molecule is CCNC(=O)[C@@H](CC)N(Cc1ccc(C)cc1)C(=O)CCCN1C(=O)c2cccc3cccc1c23. The van der Waals surface area contributed by atoms with Crippen molar-refractivity contribution in [1.82, 2.24) is 10.2 Å². The highest BCUT2D eigenvalue weighted by atomic mass is 16.2. The van der Waals surface area contributed by atoms with Crippen molar-refractivity contribution in [3.8, 4) is 0 Å². The number of hydrogen-bond acceptors (Lipinski definition) is 3. The second-order valence-electron chi connectivity index (χ2n) is 9.07. The zero-order valence-electron chi connectivity index (χ0n) is 20.7. The predicted molar refractivity (Wildman–Crippen MR) is 139 cm³/mol. The van der Waals surface area contributed by atoms with Crippen LogP contribution >= 0.6 is 0 Å². The van der Waals surface area contributed by atoms with Gasteiger partial charge in [0.15, 0.2) is 0 Å². The number of nitrogens with zero attached hydrogens (tertiary/aromatic N) is 2. The Labute approximate surface area is 206 Å². The molecule has 0 bridgehead atoms. The minimum Gasteiger partial charge on any atom is -0.355 e. The van der Waals surface area contributed by atoms with Crippen LogP contribution in [0.15, 0.2) is 60.7 Å². The summed E-state index contributed by atoms with van der Waals surface area (Å²) in [6.07, 6.45) is 1.31. The quantitative estimate of drug-likeness (QED) is 0.460. The summed E-state index contributed by atoms with van der Waals surface area (Å²) in [6.45, 7) is 7.18. The molecular weight excluding hydrogens is 438 g/mol. The summed E-state index contributed by atoms with van der Waals surface area (Å²) in [6, 6.07) is 19.2. The van der Waals surface area contributed by atoms with Crippen molar-refractivity contribution < 1.29 is 14.4 Å². The van der Waals surface area contributed by atoms with Crippen LogP contribution in [0.1, 0.15) is 54.6 Å². The predicted octanol–water partition coefficient (Wildman–Crippen LogP) is 4.83. The van der Waals surface area contributed by atoms with E-state index >= 15 is 0 Å². The monoisotopic (exact) mass is 471 g/mol. The number of likely N-dealkylation sites (N-methyl/N-ethyl adjacent to an activating group) is 1. The molecule has 1 aliphatic heterocycles. The molecule has 3 amide bonds. The van der Waals surface area contributed by atoms with Crippen LogP contribution in [-0.2, 0) is 16.1 Å². The number of nitrogens with one attached hydrogen (secondary N) is 1. The van der Waals surface area contributed by atoms with Crippen LogP contribution in [0.4, 0.5) is 5.69 Å². The first-order valence-electron chi connectivity index (χ1n) is 12.4. The first-order valence-corrected chi connectivity index (χ1v) is 12.4. The molecule has 0 aromatic heterocycles. The molecule has 6 nitrogen and oxygen atoms in total. The molecule has 3 aromatic rings. The van der Waals surface area contributed by atoms with Gasteiger partial charge in [-0.1, -0.05) is 61.0 Å². The summed E-state index contributed by atoms with van der Waals surface area (Å²) in [7, 11) is 0. The van der Waals surface area contributed by atoms with Crippen molar-refractivity contribution >= 4 is 34.2 Å². The Morgan fingerprint density at radius 2 is 1.71 bits per heavy atom. The normalized spacial score (nSPS) is 13.2. The highest BCUT2D eigenvalue weighted by molar-refractivity contribution is 6.25. The lowest BCUT2D eigenvalue weighted by Gasteiger charge is -2.31. The number of hydrogen-bond donors (Lipinski definition) is 1. The van der Waals surface area contributed by atoms with Crippen molar-refractivity contribution in [2.45, 2.75) is 52.6 Å². The van der Waals surface area contributed by atoms with E-state index in [1.807, 2.05) is 81.4 Å². The molecule has 0 spiro atoms. The average molecular weight is 472 g/mol. The zero-order chi connectivity index (χ0) is 24.9. The topological polar surface area (TPSA) is 69.7 Å². The third kappa shape index (κ3) is 5.06. The Balaban J connectivity index is 1.48. The van der Waals surface area contributed by atoms with E-state index in [1.54, 1.807) is 9.80 Å². The molecule has 1 heterocycles. The molecule has 3 aromatic carbocycles. The van der Waals surface area contributed by atoms with Crippen LogP contribution in [0.3, 0.4) is 0 Å². The number of aryl methyl sites for hydroxylation is 1. The van der Waals surface area contributed by atoms with Gasteiger partial charge in [0.05, 0.1) is 5.69 Å². The molecule has 0 unspecified atom stereocenters. The molecule has 0 saturated carbocycles. The third-order valence-electron chi connectivity index (χ3n) is 6.63. The number of benzene rings is 3. The lowest BCUT2D eigenvalue weighted by atomic mass is 10.1. The maximum Gasteiger partial charge on any atom is 0.258 e. The molecule has 0 aliphatic carbocycles. The van der Waals surface area contributed by atoms with E-state index in [2.05, 4.69) is 5.32 Å². The van der Waals surface area contributed by atoms with Crippen molar-refractivity contribution in [3.05, 3.63) is 77.4 Å². The fraction of sp³-hybridized carbons (Fsp3) is 0.345. The lowest BCUT2D eigenvalue weighted by molar-refractivity contribution is -0.141. The van der Waals surface area contributed by atoms with Crippen LogP contribution in [0.25, 0.3) is 10.8 Å². The van der Waals surface area contributed by atoms with Crippen molar-refractivity contribution in [3.63, 3.8) is 0 Å². The summed E-state index contributed by atoms with van der Waals surface area (Å²) >= 11 is 0. The molecule has 0 fully saturated rings. The van der Waals surface area contributed by atoms with Gasteiger partial charge >= 0.3 is 0 Å². The largest absolute Gasteiger partial charge is 0.355 e. The van der Waals surface area contributed by atoms with E-state index in [0.29, 0.717) is 38.0 Å². The Kier molecular flexibility index (Phi) is 7.49. The Morgan fingerprint density at radius 1 is 1.00 bits per heavy atom. The van der Waals surface area contributed by atoms with Crippen LogP contribution in [-0.4, -0.2) is 41.8 Å². The molecule has 35 heavy (non-hydrogen) atoms. The molecular formula is C29H33N3O3. The maximum atomic E-state index is 13.4. The average Bonchev–Trinajstić information content (AvgIpc) is 3.13. The van der Waals surface area contributed by atoms with Gasteiger partial charge in [-0.25, -0.2) is 0 Å². The van der Waals surface area contributed by atoms with E-state index in [1.165, 1.54) is 0 Å². The van der Waals surface area contributed by atoms with Gasteiger partial charge in [0.25, 0.3) is 5.91 Å². The van der Waals surface area contributed by atoms with E-state index in [0.717, 1.165) is 27.6 Å². The highest BCUT2D eigenvalue weighted by Gasteiger charge is 2.31. The van der Waals surface area contributed by atoms with E-state index in [9.17, 15) is 14.4 Å². The van der Waals surface area contributed by atoms with Gasteiger partial charge in [0, 0.05) is 37.0 Å². The second-order valence-corrected chi connectivity index (χ2v) is 9.07. The number of amides is 3. The van der Waals surface area contributed by atoms with Crippen LogP contribution in [0.2, 0.25) is 0 Å². The fourth-order valence-electron chi connectivity index (χ4n) is 4.83. The van der Waals surface area contributed by atoms with Crippen molar-refractivity contribution in [2.75, 3.05) is 18.0 Å². The highest BCUT2D eigenvalue weighted by Crippen LogP contribution is 2.37. The first-order chi connectivity index (χ1) is 16.9. The summed E-state index contributed by atoms with van der Waals surface area (Å²) in [4.78, 5) is 42.7. The van der Waals surface area contributed by atoms with Crippen LogP contribution in [0.5, 0.6) is 0 Å². The minimum absolute atomic E-state index is 0.0190. The Bertz CT molecular complexity index is 1230. The summed E-state index contributed by atoms with van der Waals surface area (Å²) in [5, 5.41) is 4.90. The van der Waals surface area contributed by atoms with Gasteiger partial charge in [-0.05, 0) is 49.8 Å². The molecule has 0 saturated heterocycles. The number of rotatable bonds is 10. The third-order valence-corrected chi connectivity index (χ3v) is 6.63. The minimum atomic E-state index is -0.532. The summed E-state index contributed by atoms with van der Waals surface area (Å²) in [5.41, 5.74) is 3.76. The van der Waals surface area contributed by atoms with Crippen molar-refractivity contribution in [2.24, 2.45) is 0 Å². The standard InChI is InChI=1S/C29H33N3O3/c1-4-24(28(34)30-5-2)32(19-21-16-14-20(3)15-17-21)26(33)13-8-18-31-25-12-7-10-22-9-6-11-23(27(22)25)29(31)35/h6-7,9-12,14-17,24H,4-5,8,13,18-19H2,1-3H3,(H,30,34)/t24-/m1/s1. The van der Waals surface area contributed by atoms with Crippen LogP contribution in [0, 0.1) is 6.92 Å². The van der Waals surface area contributed by atoms with E-state index in [4.69, 9.17) is 0 Å². The number of carbonyl (C=O) groups excluding carboxylic acids is 3. The molecule has 4 rings (SSSR count). The van der Waals surface area contributed by atoms with E-state index in [-0.39, 0.29) is 24.1 Å². The molecule has 1 N–H and O–H groups in total. The Hall–Kier alpha value is -3.67. The Morgan fingerprint density at radius 3 is 2.40 bits per heavy atom. The molecule has 1 atom stereocenters. The van der Waals surface area contributed by atoms with E-state index < -0.39 is 6.04 Å². The van der Waals surface area contributed by atoms with Gasteiger partial charge in [-0.2, -0.15) is 0 Å². The molecule has 1 aliphatic rings. The van der Waals surface area contributed by atoms with Gasteiger partial charge < -0.3 is 15.1 Å². The van der Waals surface area contributed by atoms with Gasteiger partial charge in [0.1, 0.15) is 6.04 Å². The number of anilines is 1. The molecule has 182 valence electrons. The zero-order valence-corrected chi connectivity index (χ0v) is 20.7. The van der Waals surface area contributed by atoms with Crippen molar-refractivity contribution in [1.29, 1.82) is 0 Å². The number of carbonyl (C=O) groups is 3. The molecule has 0 radical (unpaired) electrons. The summed E-state index contributed by atoms with van der Waals surface area (Å²) < 4.78 is 0. The van der Waals surface area contributed by atoms with Gasteiger partial charge in [-0.15, -0.1) is 0 Å².